The van der Waals surface area contributed by atoms with Crippen LogP contribution in [0, 0.1) is 11.8 Å². The highest BCUT2D eigenvalue weighted by molar-refractivity contribution is 5.78. The normalized spacial score (nSPS) is 24.5. The summed E-state index contributed by atoms with van der Waals surface area (Å²) in [5, 5.41) is 0. The SMILES string of the molecule is CCC1COC(C)(C)OC1.CN(C)C(=O)C1COC(C)(C)OC1.[HH]. The van der Waals surface area contributed by atoms with Crippen LogP contribution in [0.4, 0.5) is 0 Å². The average molecular weight is 333 g/mol. The molecule has 0 bridgehead atoms. The minimum Gasteiger partial charge on any atom is -0.350 e. The molecule has 0 aliphatic carbocycles. The van der Waals surface area contributed by atoms with Crippen LogP contribution in [-0.2, 0) is 23.7 Å². The molecule has 2 saturated heterocycles. The molecule has 0 aromatic rings. The molecular weight excluding hydrogens is 298 g/mol. The van der Waals surface area contributed by atoms with Gasteiger partial charge in [-0.05, 0) is 34.1 Å². The van der Waals surface area contributed by atoms with Crippen LogP contribution >= 0.6 is 0 Å². The molecule has 0 aromatic heterocycles. The lowest BCUT2D eigenvalue weighted by atomic mass is 10.1. The smallest absolute Gasteiger partial charge is 0.229 e. The predicted molar refractivity (Wildman–Crippen MR) is 90.0 cm³/mol. The standard InChI is InChI=1S/C9H17NO3.C8H16O2.H2/c1-9(2)12-5-7(6-13-9)8(11)10(3)4;1-4-7-5-9-8(2,3)10-6-7;/h7H,5-6H2,1-4H3;7H,4-6H2,1-3H3;1H. The number of rotatable bonds is 2. The Kier molecular flexibility index (Phi) is 7.45. The molecule has 0 radical (unpaired) electrons. The molecule has 6 heteroatoms. The van der Waals surface area contributed by atoms with E-state index in [-0.39, 0.29) is 19.0 Å². The molecule has 2 aliphatic rings. The third-order valence-corrected chi connectivity index (χ3v) is 3.96. The summed E-state index contributed by atoms with van der Waals surface area (Å²) in [5.41, 5.74) is 0. The third kappa shape index (κ3) is 7.16. The van der Waals surface area contributed by atoms with Crippen LogP contribution < -0.4 is 0 Å². The van der Waals surface area contributed by atoms with Crippen LogP contribution in [0.25, 0.3) is 0 Å². The summed E-state index contributed by atoms with van der Waals surface area (Å²) >= 11 is 0. The summed E-state index contributed by atoms with van der Waals surface area (Å²) in [6.45, 7) is 12.4. The Morgan fingerprint density at radius 1 is 0.957 bits per heavy atom. The Labute approximate surface area is 141 Å². The van der Waals surface area contributed by atoms with Crippen molar-refractivity contribution >= 4 is 5.91 Å². The zero-order chi connectivity index (χ0) is 17.7. The van der Waals surface area contributed by atoms with E-state index in [0.29, 0.717) is 19.1 Å². The first-order valence-electron chi connectivity index (χ1n) is 8.33. The van der Waals surface area contributed by atoms with Gasteiger partial charge in [0.1, 0.15) is 0 Å². The summed E-state index contributed by atoms with van der Waals surface area (Å²) in [7, 11) is 3.48. The van der Waals surface area contributed by atoms with Crippen molar-refractivity contribution in [1.82, 2.24) is 4.90 Å². The van der Waals surface area contributed by atoms with Crippen molar-refractivity contribution in [2.24, 2.45) is 11.8 Å². The second-order valence-corrected chi connectivity index (χ2v) is 7.25. The van der Waals surface area contributed by atoms with Gasteiger partial charge in [-0.2, -0.15) is 0 Å². The lowest BCUT2D eigenvalue weighted by Gasteiger charge is -2.35. The van der Waals surface area contributed by atoms with E-state index in [9.17, 15) is 4.79 Å². The maximum Gasteiger partial charge on any atom is 0.229 e. The van der Waals surface area contributed by atoms with Gasteiger partial charge in [-0.15, -0.1) is 0 Å². The minimum absolute atomic E-state index is 0. The maximum atomic E-state index is 11.5. The molecule has 23 heavy (non-hydrogen) atoms. The lowest BCUT2D eigenvalue weighted by Crippen LogP contribution is -2.45. The fraction of sp³-hybridized carbons (Fsp3) is 0.941. The highest BCUT2D eigenvalue weighted by Gasteiger charge is 2.32. The van der Waals surface area contributed by atoms with E-state index in [4.69, 9.17) is 18.9 Å². The summed E-state index contributed by atoms with van der Waals surface area (Å²) < 4.78 is 21.7. The molecule has 0 atom stereocenters. The molecule has 2 aliphatic heterocycles. The van der Waals surface area contributed by atoms with Crippen molar-refractivity contribution in [3.05, 3.63) is 0 Å². The number of ether oxygens (including phenoxy) is 4. The molecule has 2 rings (SSSR count). The summed E-state index contributed by atoms with van der Waals surface area (Å²) in [5.74, 6) is -0.360. The largest absolute Gasteiger partial charge is 0.350 e. The van der Waals surface area contributed by atoms with Crippen LogP contribution in [-0.4, -0.2) is 62.9 Å². The molecule has 1 amide bonds. The highest BCUT2D eigenvalue weighted by atomic mass is 16.7. The van der Waals surface area contributed by atoms with E-state index in [2.05, 4.69) is 6.92 Å². The van der Waals surface area contributed by atoms with Gasteiger partial charge in [0.15, 0.2) is 11.6 Å². The lowest BCUT2D eigenvalue weighted by molar-refractivity contribution is -0.262. The second-order valence-electron chi connectivity index (χ2n) is 7.25. The molecular formula is C17H35NO5. The first-order valence-corrected chi connectivity index (χ1v) is 8.33. The fourth-order valence-corrected chi connectivity index (χ4v) is 2.16. The molecule has 0 aromatic carbocycles. The Bertz CT molecular complexity index is 367. The molecule has 138 valence electrons. The Morgan fingerprint density at radius 2 is 1.35 bits per heavy atom. The van der Waals surface area contributed by atoms with E-state index in [1.54, 1.807) is 19.0 Å². The van der Waals surface area contributed by atoms with E-state index in [0.717, 1.165) is 19.6 Å². The molecule has 0 N–H and O–H groups in total. The van der Waals surface area contributed by atoms with Crippen LogP contribution in [0.3, 0.4) is 0 Å². The van der Waals surface area contributed by atoms with Gasteiger partial charge in [-0.1, -0.05) is 6.92 Å². The van der Waals surface area contributed by atoms with E-state index >= 15 is 0 Å². The van der Waals surface area contributed by atoms with Crippen LogP contribution in [0.5, 0.6) is 0 Å². The predicted octanol–water partition coefficient (Wildman–Crippen LogP) is 2.52. The molecule has 2 heterocycles. The summed E-state index contributed by atoms with van der Waals surface area (Å²) in [4.78, 5) is 13.0. The third-order valence-electron chi connectivity index (χ3n) is 3.96. The molecule has 0 saturated carbocycles. The van der Waals surface area contributed by atoms with Crippen molar-refractivity contribution in [1.29, 1.82) is 0 Å². The van der Waals surface area contributed by atoms with Gasteiger partial charge >= 0.3 is 0 Å². The first-order chi connectivity index (χ1) is 10.6. The van der Waals surface area contributed by atoms with Gasteiger partial charge in [0.05, 0.1) is 32.3 Å². The topological polar surface area (TPSA) is 57.2 Å². The van der Waals surface area contributed by atoms with Crippen molar-refractivity contribution in [3.8, 4) is 0 Å². The van der Waals surface area contributed by atoms with Gasteiger partial charge in [0.2, 0.25) is 5.91 Å². The molecule has 0 spiro atoms. The number of carbonyl (C=O) groups is 1. The van der Waals surface area contributed by atoms with Gasteiger partial charge in [-0.3, -0.25) is 4.79 Å². The summed E-state index contributed by atoms with van der Waals surface area (Å²) in [6, 6.07) is 0. The maximum absolute atomic E-state index is 11.5. The number of nitrogens with zero attached hydrogens (tertiary/aromatic N) is 1. The van der Waals surface area contributed by atoms with Crippen molar-refractivity contribution < 1.29 is 25.2 Å². The fourth-order valence-electron chi connectivity index (χ4n) is 2.16. The first kappa shape index (κ1) is 20.4. The molecule has 6 nitrogen and oxygen atoms in total. The quantitative estimate of drug-likeness (QED) is 0.777. The average Bonchev–Trinajstić information content (AvgIpc) is 2.47. The van der Waals surface area contributed by atoms with Gasteiger partial charge < -0.3 is 23.8 Å². The minimum atomic E-state index is -0.539. The van der Waals surface area contributed by atoms with Crippen LogP contribution in [0.15, 0.2) is 0 Å². The van der Waals surface area contributed by atoms with E-state index in [1.807, 2.05) is 27.7 Å². The van der Waals surface area contributed by atoms with Crippen molar-refractivity contribution in [2.75, 3.05) is 40.5 Å². The van der Waals surface area contributed by atoms with E-state index in [1.165, 1.54) is 0 Å². The van der Waals surface area contributed by atoms with Crippen molar-refractivity contribution in [2.45, 2.75) is 52.6 Å². The number of amides is 1. The van der Waals surface area contributed by atoms with Gasteiger partial charge in [0, 0.05) is 21.4 Å². The Hall–Kier alpha value is -0.690. The molecule has 0 unspecified atom stereocenters. The zero-order valence-electron chi connectivity index (χ0n) is 15.7. The van der Waals surface area contributed by atoms with Crippen LogP contribution in [0.2, 0.25) is 0 Å². The number of hydrogen-bond donors (Lipinski definition) is 0. The monoisotopic (exact) mass is 333 g/mol. The Balaban J connectivity index is 0.000000436. The second kappa shape index (κ2) is 8.42. The van der Waals surface area contributed by atoms with Crippen LogP contribution in [0.1, 0.15) is 42.5 Å². The van der Waals surface area contributed by atoms with Gasteiger partial charge in [-0.25, -0.2) is 0 Å². The molecule has 2 fully saturated rings. The van der Waals surface area contributed by atoms with Gasteiger partial charge in [0.25, 0.3) is 0 Å². The van der Waals surface area contributed by atoms with E-state index < -0.39 is 5.79 Å². The van der Waals surface area contributed by atoms with Crippen molar-refractivity contribution in [3.63, 3.8) is 0 Å². The highest BCUT2D eigenvalue weighted by Crippen LogP contribution is 2.22. The zero-order valence-corrected chi connectivity index (χ0v) is 15.7. The number of hydrogen-bond acceptors (Lipinski definition) is 5. The number of carbonyl (C=O) groups excluding carboxylic acids is 1. The Morgan fingerprint density at radius 3 is 1.70 bits per heavy atom. The summed E-state index contributed by atoms with van der Waals surface area (Å²) in [6.07, 6.45) is 1.15.